The predicted molar refractivity (Wildman–Crippen MR) is 89.1 cm³/mol. The fraction of sp³-hybridized carbons (Fsp3) is 0.611. The molecule has 130 valence electrons. The van der Waals surface area contributed by atoms with Crippen molar-refractivity contribution in [3.63, 3.8) is 0 Å². The molecule has 2 atom stereocenters. The van der Waals surface area contributed by atoms with Gasteiger partial charge in [-0.1, -0.05) is 0 Å². The van der Waals surface area contributed by atoms with Crippen molar-refractivity contribution < 1.29 is 14.7 Å². The van der Waals surface area contributed by atoms with Crippen molar-refractivity contribution in [1.82, 2.24) is 15.2 Å². The highest BCUT2D eigenvalue weighted by Crippen LogP contribution is 2.31. The lowest BCUT2D eigenvalue weighted by Crippen LogP contribution is -2.45. The molecule has 1 aliphatic heterocycles. The summed E-state index contributed by atoms with van der Waals surface area (Å²) < 4.78 is 0. The number of hydrogen-bond acceptors (Lipinski definition) is 4. The number of carboxylic acid groups (broad SMARTS) is 1. The van der Waals surface area contributed by atoms with Gasteiger partial charge in [-0.2, -0.15) is 0 Å². The Morgan fingerprint density at radius 2 is 1.79 bits per heavy atom. The van der Waals surface area contributed by atoms with Gasteiger partial charge in [0.15, 0.2) is 0 Å². The summed E-state index contributed by atoms with van der Waals surface area (Å²) >= 11 is 0. The van der Waals surface area contributed by atoms with Crippen LogP contribution in [0.2, 0.25) is 0 Å². The second-order valence-electron chi connectivity index (χ2n) is 6.96. The average Bonchev–Trinajstić information content (AvgIpc) is 3.08. The molecule has 2 aliphatic rings. The minimum absolute atomic E-state index is 0.0475. The molecule has 1 aromatic rings. The number of nitrogens with one attached hydrogen (secondary N) is 1. The molecule has 2 N–H and O–H groups in total. The van der Waals surface area contributed by atoms with Gasteiger partial charge in [0.2, 0.25) is 5.91 Å². The molecule has 6 heteroatoms. The molecule has 2 heterocycles. The summed E-state index contributed by atoms with van der Waals surface area (Å²) in [5, 5.41) is 12.2. The number of carbonyl (C=O) groups excluding carboxylic acids is 1. The third-order valence-corrected chi connectivity index (χ3v) is 5.24. The molecular formula is C18H25N3O3. The molecular weight excluding hydrogens is 306 g/mol. The average molecular weight is 331 g/mol. The minimum Gasteiger partial charge on any atom is -0.481 e. The number of carbonyl (C=O) groups is 2. The van der Waals surface area contributed by atoms with Gasteiger partial charge in [0.05, 0.1) is 5.92 Å². The molecule has 1 amide bonds. The third kappa shape index (κ3) is 4.32. The van der Waals surface area contributed by atoms with Crippen LogP contribution >= 0.6 is 0 Å². The van der Waals surface area contributed by atoms with Gasteiger partial charge in [-0.05, 0) is 49.8 Å². The number of carboxylic acids is 1. The predicted octanol–water partition coefficient (Wildman–Crippen LogP) is 1.66. The van der Waals surface area contributed by atoms with Crippen LogP contribution in [0.3, 0.4) is 0 Å². The van der Waals surface area contributed by atoms with E-state index in [0.717, 1.165) is 32.5 Å². The van der Waals surface area contributed by atoms with Crippen LogP contribution in [-0.4, -0.2) is 46.0 Å². The number of likely N-dealkylation sites (tertiary alicyclic amines) is 1. The first-order chi connectivity index (χ1) is 11.6. The molecule has 1 saturated carbocycles. The Morgan fingerprint density at radius 1 is 1.12 bits per heavy atom. The highest BCUT2D eigenvalue weighted by molar-refractivity contribution is 5.81. The smallest absolute Gasteiger partial charge is 0.306 e. The van der Waals surface area contributed by atoms with E-state index in [1.165, 1.54) is 5.56 Å². The summed E-state index contributed by atoms with van der Waals surface area (Å²) in [4.78, 5) is 29.8. The fourth-order valence-corrected chi connectivity index (χ4v) is 3.74. The molecule has 0 radical (unpaired) electrons. The zero-order valence-corrected chi connectivity index (χ0v) is 13.9. The Morgan fingerprint density at radius 3 is 2.42 bits per heavy atom. The lowest BCUT2D eigenvalue weighted by molar-refractivity contribution is -0.141. The molecule has 0 bridgehead atoms. The van der Waals surface area contributed by atoms with E-state index in [2.05, 4.69) is 15.2 Å². The topological polar surface area (TPSA) is 82.5 Å². The van der Waals surface area contributed by atoms with Crippen molar-refractivity contribution in [3.8, 4) is 0 Å². The quantitative estimate of drug-likeness (QED) is 0.857. The van der Waals surface area contributed by atoms with Crippen molar-refractivity contribution in [1.29, 1.82) is 0 Å². The molecule has 0 spiro atoms. The number of aliphatic carboxylic acids is 1. The number of piperidine rings is 1. The van der Waals surface area contributed by atoms with Gasteiger partial charge in [0, 0.05) is 44.0 Å². The molecule has 1 saturated heterocycles. The van der Waals surface area contributed by atoms with E-state index in [1.54, 1.807) is 0 Å². The van der Waals surface area contributed by atoms with Crippen LogP contribution in [0.15, 0.2) is 24.5 Å². The molecule has 24 heavy (non-hydrogen) atoms. The monoisotopic (exact) mass is 331 g/mol. The van der Waals surface area contributed by atoms with E-state index in [4.69, 9.17) is 5.11 Å². The fourth-order valence-electron chi connectivity index (χ4n) is 3.74. The number of amides is 1. The van der Waals surface area contributed by atoms with Gasteiger partial charge in [0.25, 0.3) is 0 Å². The zero-order chi connectivity index (χ0) is 16.9. The molecule has 0 unspecified atom stereocenters. The van der Waals surface area contributed by atoms with Crippen LogP contribution in [0, 0.1) is 11.8 Å². The first-order valence-electron chi connectivity index (χ1n) is 8.76. The first-order valence-corrected chi connectivity index (χ1v) is 8.76. The van der Waals surface area contributed by atoms with Gasteiger partial charge in [-0.25, -0.2) is 0 Å². The first kappa shape index (κ1) is 16.9. The number of nitrogens with zero attached hydrogens (tertiary/aromatic N) is 2. The summed E-state index contributed by atoms with van der Waals surface area (Å²) in [5.41, 5.74) is 1.26. The number of pyridine rings is 1. The van der Waals surface area contributed by atoms with Gasteiger partial charge in [0.1, 0.15) is 0 Å². The molecule has 1 aromatic heterocycles. The summed E-state index contributed by atoms with van der Waals surface area (Å²) in [6.45, 7) is 2.86. The van der Waals surface area contributed by atoms with Crippen LogP contribution in [0.4, 0.5) is 0 Å². The Hall–Kier alpha value is -1.95. The summed E-state index contributed by atoms with van der Waals surface area (Å²) in [6, 6.07) is 4.29. The van der Waals surface area contributed by atoms with E-state index < -0.39 is 5.97 Å². The number of hydrogen-bond donors (Lipinski definition) is 2. The molecule has 3 rings (SSSR count). The summed E-state index contributed by atoms with van der Waals surface area (Å²) in [6.07, 6.45) is 7.34. The van der Waals surface area contributed by atoms with Crippen molar-refractivity contribution in [2.24, 2.45) is 11.8 Å². The normalized spacial score (nSPS) is 25.5. The van der Waals surface area contributed by atoms with Crippen molar-refractivity contribution in [3.05, 3.63) is 30.1 Å². The molecule has 2 fully saturated rings. The van der Waals surface area contributed by atoms with Gasteiger partial charge >= 0.3 is 5.97 Å². The Balaban J connectivity index is 1.41. The van der Waals surface area contributed by atoms with Crippen LogP contribution < -0.4 is 5.32 Å². The van der Waals surface area contributed by atoms with E-state index in [0.29, 0.717) is 19.3 Å². The second kappa shape index (κ2) is 7.75. The van der Waals surface area contributed by atoms with E-state index in [9.17, 15) is 9.59 Å². The third-order valence-electron chi connectivity index (χ3n) is 5.24. The number of rotatable bonds is 5. The lowest BCUT2D eigenvalue weighted by atomic mass is 10.0. The largest absolute Gasteiger partial charge is 0.481 e. The van der Waals surface area contributed by atoms with Crippen LogP contribution in [0.5, 0.6) is 0 Å². The van der Waals surface area contributed by atoms with Crippen molar-refractivity contribution in [2.45, 2.75) is 44.7 Å². The number of aromatic nitrogens is 1. The van der Waals surface area contributed by atoms with Crippen LogP contribution in [0.25, 0.3) is 0 Å². The molecule has 1 aliphatic carbocycles. The highest BCUT2D eigenvalue weighted by Gasteiger charge is 2.34. The minimum atomic E-state index is -0.769. The van der Waals surface area contributed by atoms with Crippen molar-refractivity contribution in [2.75, 3.05) is 13.1 Å². The van der Waals surface area contributed by atoms with Gasteiger partial charge in [-0.15, -0.1) is 0 Å². The maximum atomic E-state index is 12.3. The molecule has 6 nitrogen and oxygen atoms in total. The van der Waals surface area contributed by atoms with E-state index >= 15 is 0 Å². The van der Waals surface area contributed by atoms with Gasteiger partial charge < -0.3 is 10.4 Å². The second-order valence-corrected chi connectivity index (χ2v) is 6.96. The Labute approximate surface area is 142 Å². The highest BCUT2D eigenvalue weighted by atomic mass is 16.4. The summed E-state index contributed by atoms with van der Waals surface area (Å²) in [5.74, 6) is -1.19. The Kier molecular flexibility index (Phi) is 5.45. The van der Waals surface area contributed by atoms with E-state index in [-0.39, 0.29) is 23.8 Å². The standard InChI is InChI=1S/C18H25N3O3/c22-17(14-1-2-15(11-14)18(23)24)20-16-5-9-21(10-6-16)12-13-3-7-19-8-4-13/h3-4,7-8,14-16H,1-2,5-6,9-12H2,(H,20,22)(H,23,24)/t14-,15+/m0/s1. The SMILES string of the molecule is O=C(O)[C@@H]1CC[C@H](C(=O)NC2CCN(Cc3ccncc3)CC2)C1. The Bertz CT molecular complexity index is 570. The lowest BCUT2D eigenvalue weighted by Gasteiger charge is -2.32. The van der Waals surface area contributed by atoms with Gasteiger partial charge in [-0.3, -0.25) is 19.5 Å². The van der Waals surface area contributed by atoms with Crippen molar-refractivity contribution >= 4 is 11.9 Å². The molecule has 0 aromatic carbocycles. The maximum absolute atomic E-state index is 12.3. The van der Waals surface area contributed by atoms with Crippen LogP contribution in [-0.2, 0) is 16.1 Å². The zero-order valence-electron chi connectivity index (χ0n) is 13.9. The van der Waals surface area contributed by atoms with Crippen LogP contribution in [0.1, 0.15) is 37.7 Å². The summed E-state index contributed by atoms with van der Waals surface area (Å²) in [7, 11) is 0. The van der Waals surface area contributed by atoms with E-state index in [1.807, 2.05) is 24.5 Å². The maximum Gasteiger partial charge on any atom is 0.306 e.